The van der Waals surface area contributed by atoms with Crippen LogP contribution in [0.4, 0.5) is 5.69 Å². The van der Waals surface area contributed by atoms with Crippen molar-refractivity contribution in [2.24, 2.45) is 5.92 Å². The zero-order valence-electron chi connectivity index (χ0n) is 19.4. The van der Waals surface area contributed by atoms with E-state index in [4.69, 9.17) is 9.47 Å². The summed E-state index contributed by atoms with van der Waals surface area (Å²) in [6.07, 6.45) is 2.60. The Morgan fingerprint density at radius 2 is 2.03 bits per heavy atom. The molecule has 0 spiro atoms. The Morgan fingerprint density at radius 1 is 1.24 bits per heavy atom. The summed E-state index contributed by atoms with van der Waals surface area (Å²) in [5.74, 6) is 1.01. The molecule has 7 heteroatoms. The zero-order valence-corrected chi connectivity index (χ0v) is 19.4. The summed E-state index contributed by atoms with van der Waals surface area (Å²) in [7, 11) is 1.71. The molecule has 2 aliphatic heterocycles. The molecule has 0 saturated carbocycles. The SMILES string of the molecule is COCc1ccccc1CN1CCOc2cc(C(=O)NC(CCO)C3CCNCC3)ccc21. The minimum Gasteiger partial charge on any atom is -0.490 e. The molecule has 2 heterocycles. The van der Waals surface area contributed by atoms with Crippen molar-refractivity contribution in [2.75, 3.05) is 44.9 Å². The first-order chi connectivity index (χ1) is 16.2. The number of amides is 1. The van der Waals surface area contributed by atoms with Gasteiger partial charge in [-0.2, -0.15) is 0 Å². The number of rotatable bonds is 9. The van der Waals surface area contributed by atoms with Gasteiger partial charge in [0.1, 0.15) is 12.4 Å². The van der Waals surface area contributed by atoms with Crippen molar-refractivity contribution in [2.45, 2.75) is 38.5 Å². The molecule has 0 radical (unpaired) electrons. The number of nitrogens with one attached hydrogen (secondary N) is 2. The van der Waals surface area contributed by atoms with Gasteiger partial charge in [0.05, 0.1) is 18.8 Å². The molecule has 2 aliphatic rings. The Hall–Kier alpha value is -2.61. The maximum Gasteiger partial charge on any atom is 0.251 e. The van der Waals surface area contributed by atoms with Crippen LogP contribution < -0.4 is 20.3 Å². The summed E-state index contributed by atoms with van der Waals surface area (Å²) < 4.78 is 11.3. The number of piperidine rings is 1. The molecule has 2 aromatic carbocycles. The molecule has 1 unspecified atom stereocenters. The second kappa shape index (κ2) is 11.5. The van der Waals surface area contributed by atoms with Crippen LogP contribution in [0.1, 0.15) is 40.7 Å². The summed E-state index contributed by atoms with van der Waals surface area (Å²) in [6, 6.07) is 14.0. The van der Waals surface area contributed by atoms with Gasteiger partial charge in [-0.1, -0.05) is 24.3 Å². The summed E-state index contributed by atoms with van der Waals surface area (Å²) in [5.41, 5.74) is 3.99. The van der Waals surface area contributed by atoms with Gasteiger partial charge in [0.2, 0.25) is 0 Å². The van der Waals surface area contributed by atoms with Gasteiger partial charge < -0.3 is 30.1 Å². The van der Waals surface area contributed by atoms with E-state index in [2.05, 4.69) is 33.7 Å². The van der Waals surface area contributed by atoms with Crippen molar-refractivity contribution in [1.29, 1.82) is 0 Å². The molecular weight excluding hydrogens is 418 g/mol. The highest BCUT2D eigenvalue weighted by Gasteiger charge is 2.26. The van der Waals surface area contributed by atoms with Gasteiger partial charge in [-0.25, -0.2) is 0 Å². The van der Waals surface area contributed by atoms with Crippen LogP contribution >= 0.6 is 0 Å². The van der Waals surface area contributed by atoms with Crippen molar-refractivity contribution >= 4 is 11.6 Å². The lowest BCUT2D eigenvalue weighted by Gasteiger charge is -2.33. The predicted molar refractivity (Wildman–Crippen MR) is 129 cm³/mol. The van der Waals surface area contributed by atoms with Crippen molar-refractivity contribution in [3.05, 3.63) is 59.2 Å². The molecule has 3 N–H and O–H groups in total. The van der Waals surface area contributed by atoms with Crippen LogP contribution in [0.5, 0.6) is 5.75 Å². The summed E-state index contributed by atoms with van der Waals surface area (Å²) in [5, 5.41) is 16.0. The molecule has 1 saturated heterocycles. The van der Waals surface area contributed by atoms with Crippen molar-refractivity contribution in [1.82, 2.24) is 10.6 Å². The summed E-state index contributed by atoms with van der Waals surface area (Å²) in [6.45, 7) is 4.69. The average Bonchev–Trinajstić information content (AvgIpc) is 2.85. The fourth-order valence-electron chi connectivity index (χ4n) is 4.86. The van der Waals surface area contributed by atoms with E-state index in [1.807, 2.05) is 24.3 Å². The standard InChI is InChI=1S/C26H35N3O4/c1-32-18-22-5-3-2-4-21(22)17-29-13-15-33-25-16-20(6-7-24(25)29)26(31)28-23(10-14-30)19-8-11-27-12-9-19/h2-7,16,19,23,27,30H,8-15,17-18H2,1H3,(H,28,31). The minimum atomic E-state index is -0.110. The Balaban J connectivity index is 1.48. The topological polar surface area (TPSA) is 83.1 Å². The van der Waals surface area contributed by atoms with Crippen LogP contribution in [0.15, 0.2) is 42.5 Å². The molecule has 1 amide bonds. The number of carbonyl (C=O) groups is 1. The van der Waals surface area contributed by atoms with E-state index in [0.29, 0.717) is 31.1 Å². The molecular formula is C26H35N3O4. The predicted octanol–water partition coefficient (Wildman–Crippen LogP) is 2.71. The van der Waals surface area contributed by atoms with Gasteiger partial charge in [0.25, 0.3) is 5.91 Å². The summed E-state index contributed by atoms with van der Waals surface area (Å²) >= 11 is 0. The summed E-state index contributed by atoms with van der Waals surface area (Å²) in [4.78, 5) is 15.3. The fourth-order valence-corrected chi connectivity index (χ4v) is 4.86. The van der Waals surface area contributed by atoms with E-state index in [9.17, 15) is 9.90 Å². The van der Waals surface area contributed by atoms with E-state index in [-0.39, 0.29) is 18.6 Å². The molecule has 4 rings (SSSR count). The lowest BCUT2D eigenvalue weighted by Crippen LogP contribution is -2.45. The molecule has 0 bridgehead atoms. The molecule has 7 nitrogen and oxygen atoms in total. The molecule has 1 atom stereocenters. The third kappa shape index (κ3) is 5.85. The number of aliphatic hydroxyl groups excluding tert-OH is 1. The second-order valence-corrected chi connectivity index (χ2v) is 8.83. The van der Waals surface area contributed by atoms with E-state index in [1.165, 1.54) is 11.1 Å². The molecule has 1 fully saturated rings. The number of carbonyl (C=O) groups excluding carboxylic acids is 1. The molecule has 33 heavy (non-hydrogen) atoms. The number of aliphatic hydroxyl groups is 1. The van der Waals surface area contributed by atoms with Crippen LogP contribution in [0.2, 0.25) is 0 Å². The van der Waals surface area contributed by atoms with E-state index in [1.54, 1.807) is 7.11 Å². The lowest BCUT2D eigenvalue weighted by molar-refractivity contribution is 0.0901. The quantitative estimate of drug-likeness (QED) is 0.542. The molecule has 2 aromatic rings. The number of methoxy groups -OCH3 is 1. The number of fused-ring (bicyclic) bond motifs is 1. The Morgan fingerprint density at radius 3 is 2.79 bits per heavy atom. The van der Waals surface area contributed by atoms with E-state index < -0.39 is 0 Å². The van der Waals surface area contributed by atoms with Crippen molar-refractivity contribution in [3.8, 4) is 5.75 Å². The van der Waals surface area contributed by atoms with Gasteiger partial charge in [0, 0.05) is 31.9 Å². The van der Waals surface area contributed by atoms with E-state index in [0.717, 1.165) is 50.5 Å². The second-order valence-electron chi connectivity index (χ2n) is 8.83. The van der Waals surface area contributed by atoms with Gasteiger partial charge in [-0.3, -0.25) is 4.79 Å². The first-order valence-electron chi connectivity index (χ1n) is 11.9. The molecule has 0 aromatic heterocycles. The fraction of sp³-hybridized carbons (Fsp3) is 0.500. The number of anilines is 1. The Labute approximate surface area is 196 Å². The first kappa shape index (κ1) is 23.5. The average molecular weight is 454 g/mol. The van der Waals surface area contributed by atoms with Gasteiger partial charge in [-0.15, -0.1) is 0 Å². The highest BCUT2D eigenvalue weighted by atomic mass is 16.5. The monoisotopic (exact) mass is 453 g/mol. The third-order valence-electron chi connectivity index (χ3n) is 6.67. The highest BCUT2D eigenvalue weighted by Crippen LogP contribution is 2.34. The van der Waals surface area contributed by atoms with Crippen LogP contribution in [0.3, 0.4) is 0 Å². The first-order valence-corrected chi connectivity index (χ1v) is 11.9. The number of benzene rings is 2. The van der Waals surface area contributed by atoms with Crippen LogP contribution in [-0.2, 0) is 17.9 Å². The molecule has 0 aliphatic carbocycles. The highest BCUT2D eigenvalue weighted by molar-refractivity contribution is 5.95. The Bertz CT molecular complexity index is 930. The van der Waals surface area contributed by atoms with Crippen LogP contribution in [0.25, 0.3) is 0 Å². The number of hydrogen-bond acceptors (Lipinski definition) is 6. The minimum absolute atomic E-state index is 0.0182. The smallest absolute Gasteiger partial charge is 0.251 e. The number of ether oxygens (including phenoxy) is 2. The van der Waals surface area contributed by atoms with Crippen LogP contribution in [-0.4, -0.2) is 57.0 Å². The Kier molecular flexibility index (Phi) is 8.20. The maximum atomic E-state index is 13.1. The third-order valence-corrected chi connectivity index (χ3v) is 6.67. The van der Waals surface area contributed by atoms with Crippen LogP contribution in [0, 0.1) is 5.92 Å². The van der Waals surface area contributed by atoms with Gasteiger partial charge in [0.15, 0.2) is 0 Å². The largest absolute Gasteiger partial charge is 0.490 e. The van der Waals surface area contributed by atoms with Crippen molar-refractivity contribution in [3.63, 3.8) is 0 Å². The number of nitrogens with zero attached hydrogens (tertiary/aromatic N) is 1. The normalized spacial score (nSPS) is 17.2. The van der Waals surface area contributed by atoms with Gasteiger partial charge >= 0.3 is 0 Å². The van der Waals surface area contributed by atoms with E-state index >= 15 is 0 Å². The van der Waals surface area contributed by atoms with Crippen molar-refractivity contribution < 1.29 is 19.4 Å². The maximum absolute atomic E-state index is 13.1. The lowest BCUT2D eigenvalue weighted by atomic mass is 9.88. The zero-order chi connectivity index (χ0) is 23.0. The van der Waals surface area contributed by atoms with Gasteiger partial charge in [-0.05, 0) is 67.6 Å². The molecule has 178 valence electrons. The number of hydrogen-bond donors (Lipinski definition) is 3.